The molecule has 0 aromatic carbocycles. The van der Waals surface area contributed by atoms with Crippen LogP contribution >= 0.6 is 0 Å². The number of nitrogens with zero attached hydrogens (tertiary/aromatic N) is 2. The van der Waals surface area contributed by atoms with Gasteiger partial charge in [0.1, 0.15) is 13.2 Å². The number of nitro groups is 2. The van der Waals surface area contributed by atoms with Gasteiger partial charge in [-0.25, -0.2) is 0 Å². The minimum Gasteiger partial charge on any atom is -0.389 e. The smallest absolute Gasteiger partial charge is 0.294 e. The van der Waals surface area contributed by atoms with Crippen LogP contribution in [0.3, 0.4) is 0 Å². The maximum absolute atomic E-state index is 10.7. The van der Waals surface area contributed by atoms with Gasteiger partial charge in [-0.15, -0.1) is 0 Å². The van der Waals surface area contributed by atoms with Crippen LogP contribution in [0.4, 0.5) is 0 Å². The van der Waals surface area contributed by atoms with Gasteiger partial charge in [-0.05, 0) is 0 Å². The lowest BCUT2D eigenvalue weighted by atomic mass is 9.92. The highest BCUT2D eigenvalue weighted by Crippen LogP contribution is 2.22. The van der Waals surface area contributed by atoms with Crippen LogP contribution in [0.1, 0.15) is 12.8 Å². The molecule has 10 nitrogen and oxygen atoms in total. The number of rotatable bonds is 8. The zero-order chi connectivity index (χ0) is 13.6. The van der Waals surface area contributed by atoms with Gasteiger partial charge in [0.15, 0.2) is 0 Å². The van der Waals surface area contributed by atoms with E-state index in [2.05, 4.69) is 0 Å². The Morgan fingerprint density at radius 3 is 1.94 bits per heavy atom. The highest BCUT2D eigenvalue weighted by atomic mass is 16.6. The molecule has 100 valence electrons. The second kappa shape index (κ2) is 6.39. The first kappa shape index (κ1) is 15.6. The third-order valence-corrected chi connectivity index (χ3v) is 2.54. The zero-order valence-electron chi connectivity index (χ0n) is 8.80. The van der Waals surface area contributed by atoms with E-state index >= 15 is 0 Å². The van der Waals surface area contributed by atoms with Crippen molar-refractivity contribution in [3.05, 3.63) is 20.2 Å². The second-order valence-corrected chi connectivity index (χ2v) is 3.55. The summed E-state index contributed by atoms with van der Waals surface area (Å²) in [6.07, 6.45) is -3.54. The fourth-order valence-corrected chi connectivity index (χ4v) is 1.21. The molecule has 0 heterocycles. The average Bonchev–Trinajstić information content (AvgIpc) is 2.23. The van der Waals surface area contributed by atoms with Crippen LogP contribution < -0.4 is 0 Å². The van der Waals surface area contributed by atoms with E-state index in [4.69, 9.17) is 20.4 Å². The summed E-state index contributed by atoms with van der Waals surface area (Å²) in [7, 11) is 0. The van der Waals surface area contributed by atoms with Gasteiger partial charge in [-0.2, -0.15) is 0 Å². The molecule has 0 aromatic rings. The normalized spacial score (nSPS) is 16.5. The summed E-state index contributed by atoms with van der Waals surface area (Å²) in [5.41, 5.74) is -2.47. The summed E-state index contributed by atoms with van der Waals surface area (Å²) in [5, 5.41) is 56.3. The molecule has 0 saturated carbocycles. The lowest BCUT2D eigenvalue weighted by molar-refractivity contribution is -0.603. The second-order valence-electron chi connectivity index (χ2n) is 3.55. The standard InChI is InChI=1S/C7H14N2O8/c10-3-5(8(14)15)1-2-7(4-11,6(12)13)9(16)17/h5-6,10-13H,1-4H2. The minimum atomic E-state index is -2.47. The van der Waals surface area contributed by atoms with Gasteiger partial charge in [0.2, 0.25) is 12.3 Å². The number of aliphatic hydroxyl groups excluding tert-OH is 3. The van der Waals surface area contributed by atoms with Gasteiger partial charge in [-0.1, -0.05) is 0 Å². The molecule has 0 amide bonds. The van der Waals surface area contributed by atoms with Crippen molar-refractivity contribution in [1.82, 2.24) is 0 Å². The van der Waals surface area contributed by atoms with Crippen LogP contribution in [0.25, 0.3) is 0 Å². The third kappa shape index (κ3) is 3.56. The Kier molecular flexibility index (Phi) is 5.88. The van der Waals surface area contributed by atoms with Crippen molar-refractivity contribution in [2.75, 3.05) is 13.2 Å². The Morgan fingerprint density at radius 1 is 1.18 bits per heavy atom. The Hall–Kier alpha value is -1.36. The van der Waals surface area contributed by atoms with Crippen LogP contribution in [0.15, 0.2) is 0 Å². The Labute approximate surface area is 95.4 Å². The summed E-state index contributed by atoms with van der Waals surface area (Å²) in [6, 6.07) is -1.44. The van der Waals surface area contributed by atoms with Crippen LogP contribution in [-0.4, -0.2) is 61.4 Å². The highest BCUT2D eigenvalue weighted by Gasteiger charge is 2.50. The third-order valence-electron chi connectivity index (χ3n) is 2.54. The summed E-state index contributed by atoms with van der Waals surface area (Å²) in [4.78, 5) is 19.1. The van der Waals surface area contributed by atoms with Crippen molar-refractivity contribution in [3.8, 4) is 0 Å². The predicted octanol–water partition coefficient (Wildman–Crippen LogP) is -2.28. The monoisotopic (exact) mass is 254 g/mol. The fourth-order valence-electron chi connectivity index (χ4n) is 1.21. The average molecular weight is 254 g/mol. The number of aliphatic hydroxyl groups is 4. The number of hydrogen-bond donors (Lipinski definition) is 4. The van der Waals surface area contributed by atoms with E-state index in [0.29, 0.717) is 0 Å². The maximum Gasteiger partial charge on any atom is 0.294 e. The van der Waals surface area contributed by atoms with Crippen LogP contribution in [0.2, 0.25) is 0 Å². The van der Waals surface area contributed by atoms with Crippen molar-refractivity contribution < 1.29 is 30.3 Å². The quantitative estimate of drug-likeness (QED) is 0.213. The molecule has 0 fully saturated rings. The molecule has 0 aliphatic carbocycles. The van der Waals surface area contributed by atoms with E-state index in [1.807, 2.05) is 0 Å². The Balaban J connectivity index is 4.77. The van der Waals surface area contributed by atoms with Crippen LogP contribution in [-0.2, 0) is 0 Å². The maximum atomic E-state index is 10.7. The first-order valence-corrected chi connectivity index (χ1v) is 4.67. The SMILES string of the molecule is O=[N+]([O-])C(CO)CCC(CO)(C(O)O)[N+](=O)[O-]. The first-order valence-electron chi connectivity index (χ1n) is 4.67. The van der Waals surface area contributed by atoms with Gasteiger partial charge < -0.3 is 20.4 Å². The van der Waals surface area contributed by atoms with Gasteiger partial charge in [0, 0.05) is 22.7 Å². The highest BCUT2D eigenvalue weighted by molar-refractivity contribution is 4.82. The molecule has 4 N–H and O–H groups in total. The summed E-state index contributed by atoms with van der Waals surface area (Å²) >= 11 is 0. The lowest BCUT2D eigenvalue weighted by Crippen LogP contribution is -2.53. The van der Waals surface area contributed by atoms with Gasteiger partial charge >= 0.3 is 0 Å². The zero-order valence-corrected chi connectivity index (χ0v) is 8.80. The summed E-state index contributed by atoms with van der Waals surface area (Å²) in [6.45, 7) is -2.00. The van der Waals surface area contributed by atoms with Gasteiger partial charge in [0.25, 0.3) is 5.54 Å². The van der Waals surface area contributed by atoms with Crippen molar-refractivity contribution in [2.24, 2.45) is 0 Å². The molecule has 0 aromatic heterocycles. The fraction of sp³-hybridized carbons (Fsp3) is 1.00. The molecule has 0 aliphatic heterocycles. The lowest BCUT2D eigenvalue weighted by Gasteiger charge is -2.24. The summed E-state index contributed by atoms with van der Waals surface area (Å²) < 4.78 is 0. The van der Waals surface area contributed by atoms with Crippen molar-refractivity contribution in [3.63, 3.8) is 0 Å². The number of hydrogen-bond acceptors (Lipinski definition) is 8. The van der Waals surface area contributed by atoms with Crippen LogP contribution in [0.5, 0.6) is 0 Å². The topological polar surface area (TPSA) is 167 Å². The van der Waals surface area contributed by atoms with E-state index in [1.54, 1.807) is 0 Å². The van der Waals surface area contributed by atoms with Crippen molar-refractivity contribution in [1.29, 1.82) is 0 Å². The first-order chi connectivity index (χ1) is 7.81. The molecule has 2 atom stereocenters. The Morgan fingerprint density at radius 2 is 1.71 bits per heavy atom. The molecule has 2 unspecified atom stereocenters. The van der Waals surface area contributed by atoms with E-state index in [1.165, 1.54) is 0 Å². The largest absolute Gasteiger partial charge is 0.389 e. The molecular weight excluding hydrogens is 240 g/mol. The van der Waals surface area contributed by atoms with E-state index in [0.717, 1.165) is 0 Å². The minimum absolute atomic E-state index is 0.456. The molecular formula is C7H14N2O8. The van der Waals surface area contributed by atoms with Crippen molar-refractivity contribution in [2.45, 2.75) is 30.7 Å². The summed E-state index contributed by atoms with van der Waals surface area (Å²) in [5.74, 6) is 0. The van der Waals surface area contributed by atoms with Gasteiger partial charge in [-0.3, -0.25) is 20.2 Å². The Bertz CT molecular complexity index is 283. The molecule has 0 radical (unpaired) electrons. The van der Waals surface area contributed by atoms with Crippen molar-refractivity contribution >= 4 is 0 Å². The van der Waals surface area contributed by atoms with E-state index < -0.39 is 53.8 Å². The van der Waals surface area contributed by atoms with Crippen LogP contribution in [0, 0.1) is 20.2 Å². The molecule has 0 saturated heterocycles. The molecule has 0 aliphatic rings. The molecule has 0 spiro atoms. The van der Waals surface area contributed by atoms with E-state index in [9.17, 15) is 20.2 Å². The predicted molar refractivity (Wildman–Crippen MR) is 52.1 cm³/mol. The van der Waals surface area contributed by atoms with E-state index in [-0.39, 0.29) is 0 Å². The van der Waals surface area contributed by atoms with Gasteiger partial charge in [0.05, 0.1) is 0 Å². The molecule has 0 bridgehead atoms. The molecule has 0 rings (SSSR count). The molecule has 17 heavy (non-hydrogen) atoms. The molecule has 10 heteroatoms.